The summed E-state index contributed by atoms with van der Waals surface area (Å²) in [6, 6.07) is 9.12. The number of imide groups is 1. The van der Waals surface area contributed by atoms with Gasteiger partial charge in [-0.25, -0.2) is 4.79 Å². The van der Waals surface area contributed by atoms with Gasteiger partial charge in [-0.1, -0.05) is 31.4 Å². The highest BCUT2D eigenvalue weighted by Gasteiger charge is 2.40. The summed E-state index contributed by atoms with van der Waals surface area (Å²) in [5, 5.41) is 10.8. The van der Waals surface area contributed by atoms with Crippen molar-refractivity contribution in [3.05, 3.63) is 74.8 Å². The van der Waals surface area contributed by atoms with Gasteiger partial charge in [0.05, 0.1) is 21.6 Å². The number of fused-ring (bicyclic) bond motifs is 1. The van der Waals surface area contributed by atoms with E-state index in [9.17, 15) is 29.3 Å². The third kappa shape index (κ3) is 4.01. The van der Waals surface area contributed by atoms with E-state index in [0.717, 1.165) is 38.2 Å². The number of carbonyl (C=O) groups excluding carboxylic acids is 4. The Morgan fingerprint density at radius 3 is 2.41 bits per heavy atom. The van der Waals surface area contributed by atoms with E-state index in [0.29, 0.717) is 0 Å². The maximum atomic E-state index is 12.9. The van der Waals surface area contributed by atoms with E-state index in [2.05, 4.69) is 0 Å². The molecule has 4 rings (SSSR count). The summed E-state index contributed by atoms with van der Waals surface area (Å²) < 4.78 is 5.04. The van der Waals surface area contributed by atoms with E-state index in [-0.39, 0.29) is 39.9 Å². The van der Waals surface area contributed by atoms with Gasteiger partial charge in [0, 0.05) is 23.7 Å². The summed E-state index contributed by atoms with van der Waals surface area (Å²) in [7, 11) is 0. The summed E-state index contributed by atoms with van der Waals surface area (Å²) in [5.74, 6) is -2.20. The van der Waals surface area contributed by atoms with Crippen molar-refractivity contribution in [2.24, 2.45) is 0 Å². The van der Waals surface area contributed by atoms with Crippen LogP contribution in [0.3, 0.4) is 0 Å². The van der Waals surface area contributed by atoms with Crippen molar-refractivity contribution in [2.45, 2.75) is 38.1 Å². The molecular weight excluding hydrogens is 416 g/mol. The zero-order valence-corrected chi connectivity index (χ0v) is 17.1. The maximum absolute atomic E-state index is 12.9. The van der Waals surface area contributed by atoms with E-state index >= 15 is 0 Å². The van der Waals surface area contributed by atoms with Crippen LogP contribution in [0.25, 0.3) is 0 Å². The molecule has 0 atom stereocenters. The van der Waals surface area contributed by atoms with E-state index < -0.39 is 29.2 Å². The Bertz CT molecular complexity index is 1130. The monoisotopic (exact) mass is 436 g/mol. The van der Waals surface area contributed by atoms with Crippen molar-refractivity contribution >= 4 is 29.3 Å². The lowest BCUT2D eigenvalue weighted by atomic mass is 9.94. The number of ketones is 1. The number of rotatable bonds is 6. The lowest BCUT2D eigenvalue weighted by Gasteiger charge is -2.29. The largest absolute Gasteiger partial charge is 0.454 e. The maximum Gasteiger partial charge on any atom is 0.338 e. The average Bonchev–Trinajstić information content (AvgIpc) is 3.07. The predicted molar refractivity (Wildman–Crippen MR) is 112 cm³/mol. The first-order valence-corrected chi connectivity index (χ1v) is 10.3. The Kier molecular flexibility index (Phi) is 5.81. The molecule has 1 aliphatic heterocycles. The van der Waals surface area contributed by atoms with Crippen molar-refractivity contribution in [1.29, 1.82) is 0 Å². The van der Waals surface area contributed by atoms with E-state index in [1.165, 1.54) is 41.3 Å². The second kappa shape index (κ2) is 8.70. The average molecular weight is 436 g/mol. The van der Waals surface area contributed by atoms with Crippen LogP contribution in [0.4, 0.5) is 5.69 Å². The summed E-state index contributed by atoms with van der Waals surface area (Å²) >= 11 is 0. The van der Waals surface area contributed by atoms with Crippen LogP contribution in [0.2, 0.25) is 0 Å². The SMILES string of the molecule is O=C(COC(=O)c1ccc2c(c1)C(=O)N(C1CCCCC1)C2=O)c1cccc([N+](=O)[O-])c1. The smallest absolute Gasteiger partial charge is 0.338 e. The van der Waals surface area contributed by atoms with Gasteiger partial charge in [-0.05, 0) is 31.0 Å². The molecule has 0 unspecified atom stereocenters. The Labute approximate surface area is 183 Å². The molecule has 0 N–H and O–H groups in total. The fourth-order valence-corrected chi connectivity index (χ4v) is 4.15. The van der Waals surface area contributed by atoms with Crippen LogP contribution >= 0.6 is 0 Å². The Hall–Kier alpha value is -3.88. The predicted octanol–water partition coefficient (Wildman–Crippen LogP) is 3.56. The third-order valence-electron chi connectivity index (χ3n) is 5.81. The molecule has 0 spiro atoms. The molecule has 32 heavy (non-hydrogen) atoms. The second-order valence-electron chi connectivity index (χ2n) is 7.84. The van der Waals surface area contributed by atoms with Gasteiger partial charge in [0.15, 0.2) is 6.61 Å². The molecule has 1 heterocycles. The Morgan fingerprint density at radius 2 is 1.69 bits per heavy atom. The highest BCUT2D eigenvalue weighted by atomic mass is 16.6. The van der Waals surface area contributed by atoms with Crippen LogP contribution in [0.15, 0.2) is 42.5 Å². The zero-order chi connectivity index (χ0) is 22.8. The minimum atomic E-state index is -0.831. The number of benzene rings is 2. The number of ether oxygens (including phenoxy) is 1. The number of carbonyl (C=O) groups is 4. The van der Waals surface area contributed by atoms with Gasteiger partial charge in [0.1, 0.15) is 0 Å². The molecular formula is C23H20N2O7. The summed E-state index contributed by atoms with van der Waals surface area (Å²) in [5.41, 5.74) is 0.253. The first kappa shape index (κ1) is 21.4. The fraction of sp³-hybridized carbons (Fsp3) is 0.304. The molecule has 9 heteroatoms. The van der Waals surface area contributed by atoms with Gasteiger partial charge in [0.25, 0.3) is 17.5 Å². The zero-order valence-electron chi connectivity index (χ0n) is 17.1. The molecule has 2 aromatic carbocycles. The molecule has 1 fully saturated rings. The van der Waals surface area contributed by atoms with Crippen molar-refractivity contribution < 1.29 is 28.8 Å². The molecule has 1 aliphatic carbocycles. The minimum Gasteiger partial charge on any atom is -0.454 e. The molecule has 2 aliphatic rings. The van der Waals surface area contributed by atoms with Crippen molar-refractivity contribution in [3.8, 4) is 0 Å². The normalized spacial score (nSPS) is 16.1. The van der Waals surface area contributed by atoms with Crippen LogP contribution in [0.1, 0.15) is 73.5 Å². The Balaban J connectivity index is 1.45. The van der Waals surface area contributed by atoms with Gasteiger partial charge in [0.2, 0.25) is 5.78 Å². The number of hydrogen-bond donors (Lipinski definition) is 0. The topological polar surface area (TPSA) is 124 Å². The summed E-state index contributed by atoms with van der Waals surface area (Å²) in [6.45, 7) is -0.613. The number of Topliss-reactive ketones (excluding diaryl/α,β-unsaturated/α-hetero) is 1. The standard InChI is InChI=1S/C23H20N2O7/c26-20(14-5-4-8-17(11-14)25(30)31)13-32-23(29)15-9-10-18-19(12-15)22(28)24(21(18)27)16-6-2-1-3-7-16/h4-5,8-12,16H,1-3,6-7,13H2. The molecule has 0 radical (unpaired) electrons. The fourth-order valence-electron chi connectivity index (χ4n) is 4.15. The number of non-ortho nitro benzene ring substituents is 1. The Morgan fingerprint density at radius 1 is 0.969 bits per heavy atom. The number of hydrogen-bond acceptors (Lipinski definition) is 7. The summed E-state index contributed by atoms with van der Waals surface area (Å²) in [4.78, 5) is 61.8. The third-order valence-corrected chi connectivity index (χ3v) is 5.81. The molecule has 0 bridgehead atoms. The van der Waals surface area contributed by atoms with Crippen LogP contribution in [-0.2, 0) is 4.74 Å². The van der Waals surface area contributed by atoms with Gasteiger partial charge < -0.3 is 4.74 Å². The number of nitrogens with zero attached hydrogens (tertiary/aromatic N) is 2. The van der Waals surface area contributed by atoms with Crippen molar-refractivity contribution in [3.63, 3.8) is 0 Å². The lowest BCUT2D eigenvalue weighted by Crippen LogP contribution is -2.40. The van der Waals surface area contributed by atoms with E-state index in [1.54, 1.807) is 0 Å². The number of esters is 1. The second-order valence-corrected chi connectivity index (χ2v) is 7.84. The minimum absolute atomic E-state index is 0.0437. The highest BCUT2D eigenvalue weighted by molar-refractivity contribution is 6.22. The van der Waals surface area contributed by atoms with Crippen LogP contribution in [-0.4, -0.2) is 46.0 Å². The number of nitro groups is 1. The van der Waals surface area contributed by atoms with Gasteiger partial charge >= 0.3 is 5.97 Å². The quantitative estimate of drug-likeness (QED) is 0.223. The van der Waals surface area contributed by atoms with E-state index in [1.807, 2.05) is 0 Å². The van der Waals surface area contributed by atoms with Gasteiger partial charge in [-0.3, -0.25) is 29.4 Å². The van der Waals surface area contributed by atoms with E-state index in [4.69, 9.17) is 4.74 Å². The molecule has 2 aromatic rings. The number of amides is 2. The van der Waals surface area contributed by atoms with Gasteiger partial charge in [-0.2, -0.15) is 0 Å². The van der Waals surface area contributed by atoms with Gasteiger partial charge in [-0.15, -0.1) is 0 Å². The molecule has 0 saturated heterocycles. The number of nitro benzene ring substituents is 1. The van der Waals surface area contributed by atoms with Crippen LogP contribution in [0.5, 0.6) is 0 Å². The van der Waals surface area contributed by atoms with Crippen LogP contribution in [0, 0.1) is 10.1 Å². The summed E-state index contributed by atoms with van der Waals surface area (Å²) in [6.07, 6.45) is 4.58. The molecule has 9 nitrogen and oxygen atoms in total. The van der Waals surface area contributed by atoms with Crippen molar-refractivity contribution in [1.82, 2.24) is 4.90 Å². The lowest BCUT2D eigenvalue weighted by molar-refractivity contribution is -0.384. The molecule has 0 aromatic heterocycles. The first-order chi connectivity index (χ1) is 15.4. The van der Waals surface area contributed by atoms with Crippen molar-refractivity contribution in [2.75, 3.05) is 6.61 Å². The molecule has 2 amide bonds. The first-order valence-electron chi connectivity index (χ1n) is 10.3. The van der Waals surface area contributed by atoms with Crippen LogP contribution < -0.4 is 0 Å². The highest BCUT2D eigenvalue weighted by Crippen LogP contribution is 2.31. The molecule has 1 saturated carbocycles. The molecule has 164 valence electrons.